The van der Waals surface area contributed by atoms with Gasteiger partial charge in [0.05, 0.1) is 12.8 Å². The normalized spacial score (nSPS) is 14.0. The first kappa shape index (κ1) is 13.9. The first-order valence-corrected chi connectivity index (χ1v) is 6.75. The van der Waals surface area contributed by atoms with E-state index in [4.69, 9.17) is 4.74 Å². The lowest BCUT2D eigenvalue weighted by atomic mass is 10.2. The Bertz CT molecular complexity index is 736. The van der Waals surface area contributed by atoms with Crippen LogP contribution in [0.5, 0.6) is 5.75 Å². The Balaban J connectivity index is 1.81. The first-order valence-electron chi connectivity index (χ1n) is 6.75. The van der Waals surface area contributed by atoms with Gasteiger partial charge in [-0.1, -0.05) is 18.2 Å². The Kier molecular flexibility index (Phi) is 3.62. The summed E-state index contributed by atoms with van der Waals surface area (Å²) in [5.41, 5.74) is 1.52. The van der Waals surface area contributed by atoms with Crippen LogP contribution in [0, 0.1) is 0 Å². The van der Waals surface area contributed by atoms with Crippen molar-refractivity contribution >= 4 is 23.2 Å². The highest BCUT2D eigenvalue weighted by Crippen LogP contribution is 2.25. The molecule has 1 aliphatic heterocycles. The molecule has 1 aliphatic rings. The first-order chi connectivity index (χ1) is 10.7. The number of nitrogens with zero attached hydrogens (tertiary/aromatic N) is 1. The molecule has 0 saturated carbocycles. The van der Waals surface area contributed by atoms with Gasteiger partial charge < -0.3 is 10.1 Å². The van der Waals surface area contributed by atoms with Crippen molar-refractivity contribution in [3.8, 4) is 5.75 Å². The molecule has 0 aliphatic carbocycles. The summed E-state index contributed by atoms with van der Waals surface area (Å²) in [6.45, 7) is 0. The summed E-state index contributed by atoms with van der Waals surface area (Å²) in [4.78, 5) is 25.6. The van der Waals surface area contributed by atoms with E-state index < -0.39 is 0 Å². The van der Waals surface area contributed by atoms with Gasteiger partial charge in [0.1, 0.15) is 11.4 Å². The van der Waals surface area contributed by atoms with E-state index in [-0.39, 0.29) is 17.5 Å². The van der Waals surface area contributed by atoms with Gasteiger partial charge >= 0.3 is 0 Å². The van der Waals surface area contributed by atoms with E-state index in [2.05, 4.69) is 5.32 Å². The molecule has 0 unspecified atom stereocenters. The predicted molar refractivity (Wildman–Crippen MR) is 83.6 cm³/mol. The van der Waals surface area contributed by atoms with E-state index in [9.17, 15) is 9.59 Å². The van der Waals surface area contributed by atoms with Crippen molar-refractivity contribution < 1.29 is 14.3 Å². The van der Waals surface area contributed by atoms with Crippen LogP contribution in [0.3, 0.4) is 0 Å². The molecule has 22 heavy (non-hydrogen) atoms. The second-order valence-corrected chi connectivity index (χ2v) is 4.73. The Labute approximate surface area is 127 Å². The number of carbonyl (C=O) groups excluding carboxylic acids is 2. The zero-order chi connectivity index (χ0) is 15.5. The van der Waals surface area contributed by atoms with Gasteiger partial charge in [0.2, 0.25) is 0 Å². The van der Waals surface area contributed by atoms with E-state index in [0.29, 0.717) is 11.4 Å². The van der Waals surface area contributed by atoms with Gasteiger partial charge in [0, 0.05) is 11.8 Å². The highest BCUT2D eigenvalue weighted by Gasteiger charge is 2.32. The number of carbonyl (C=O) groups is 2. The second-order valence-electron chi connectivity index (χ2n) is 4.73. The number of imide groups is 1. The molecule has 0 fully saturated rings. The summed E-state index contributed by atoms with van der Waals surface area (Å²) in [7, 11) is 1.56. The Morgan fingerprint density at radius 2 is 1.64 bits per heavy atom. The van der Waals surface area contributed by atoms with Crippen molar-refractivity contribution in [3.63, 3.8) is 0 Å². The van der Waals surface area contributed by atoms with Crippen LogP contribution in [-0.2, 0) is 9.59 Å². The minimum atomic E-state index is -0.376. The molecular weight excluding hydrogens is 280 g/mol. The van der Waals surface area contributed by atoms with Crippen molar-refractivity contribution in [3.05, 3.63) is 66.4 Å². The van der Waals surface area contributed by atoms with Gasteiger partial charge in [-0.05, 0) is 36.4 Å². The number of ether oxygens (including phenoxy) is 1. The summed E-state index contributed by atoms with van der Waals surface area (Å²) in [6.07, 6.45) is 1.31. The summed E-state index contributed by atoms with van der Waals surface area (Å²) in [5, 5.41) is 2.97. The molecule has 0 atom stereocenters. The summed E-state index contributed by atoms with van der Waals surface area (Å²) < 4.78 is 5.07. The maximum Gasteiger partial charge on any atom is 0.281 e. The van der Waals surface area contributed by atoms with Gasteiger partial charge in [0.25, 0.3) is 11.8 Å². The molecule has 1 N–H and O–H groups in total. The minimum Gasteiger partial charge on any atom is -0.497 e. The summed E-state index contributed by atoms with van der Waals surface area (Å²) in [5.74, 6) is -0.0777. The zero-order valence-electron chi connectivity index (χ0n) is 11.9. The summed E-state index contributed by atoms with van der Waals surface area (Å²) in [6, 6.07) is 16.0. The van der Waals surface area contributed by atoms with Crippen LogP contribution >= 0.6 is 0 Å². The molecule has 2 amide bonds. The molecule has 2 aromatic rings. The smallest absolute Gasteiger partial charge is 0.281 e. The number of hydrogen-bond donors (Lipinski definition) is 1. The molecule has 2 aromatic carbocycles. The maximum absolute atomic E-state index is 12.4. The molecule has 5 nitrogen and oxygen atoms in total. The highest BCUT2D eigenvalue weighted by molar-refractivity contribution is 6.31. The molecule has 110 valence electrons. The van der Waals surface area contributed by atoms with Crippen LogP contribution in [0.25, 0.3) is 0 Å². The second kappa shape index (κ2) is 5.73. The Hall–Kier alpha value is -3.08. The molecule has 0 radical (unpaired) electrons. The van der Waals surface area contributed by atoms with Crippen molar-refractivity contribution in [1.29, 1.82) is 0 Å². The van der Waals surface area contributed by atoms with Crippen molar-refractivity contribution in [2.75, 3.05) is 17.3 Å². The fourth-order valence-corrected chi connectivity index (χ4v) is 2.21. The third-order valence-corrected chi connectivity index (χ3v) is 3.31. The molecule has 0 spiro atoms. The number of methoxy groups -OCH3 is 1. The molecular formula is C17H14N2O3. The monoisotopic (exact) mass is 294 g/mol. The van der Waals surface area contributed by atoms with Crippen LogP contribution in [0.2, 0.25) is 0 Å². The number of nitrogens with one attached hydrogen (secondary N) is 1. The Morgan fingerprint density at radius 1 is 0.955 bits per heavy atom. The van der Waals surface area contributed by atoms with Crippen molar-refractivity contribution in [1.82, 2.24) is 0 Å². The topological polar surface area (TPSA) is 58.6 Å². The fraction of sp³-hybridized carbons (Fsp3) is 0.0588. The standard InChI is InChI=1S/C17H14N2O3/c1-22-14-9-7-13(8-10-14)19-16(20)11-15(17(19)21)18-12-5-3-2-4-6-12/h2-11,18H,1H3. The Morgan fingerprint density at radius 3 is 2.27 bits per heavy atom. The van der Waals surface area contributed by atoms with Crippen molar-refractivity contribution in [2.45, 2.75) is 0 Å². The number of anilines is 2. The lowest BCUT2D eigenvalue weighted by molar-refractivity contribution is -0.120. The third kappa shape index (κ3) is 2.56. The van der Waals surface area contributed by atoms with Gasteiger partial charge in [-0.3, -0.25) is 9.59 Å². The molecule has 3 rings (SSSR count). The number of amides is 2. The van der Waals surface area contributed by atoms with Gasteiger partial charge in [-0.15, -0.1) is 0 Å². The lowest BCUT2D eigenvalue weighted by Crippen LogP contribution is -2.31. The predicted octanol–water partition coefficient (Wildman–Crippen LogP) is 2.56. The number of para-hydroxylation sites is 1. The number of hydrogen-bond acceptors (Lipinski definition) is 4. The SMILES string of the molecule is COc1ccc(N2C(=O)C=C(Nc3ccccc3)C2=O)cc1. The number of benzene rings is 2. The largest absolute Gasteiger partial charge is 0.497 e. The van der Waals surface area contributed by atoms with Crippen LogP contribution in [-0.4, -0.2) is 18.9 Å². The van der Waals surface area contributed by atoms with Crippen molar-refractivity contribution in [2.24, 2.45) is 0 Å². The lowest BCUT2D eigenvalue weighted by Gasteiger charge is -2.15. The third-order valence-electron chi connectivity index (χ3n) is 3.31. The van der Waals surface area contributed by atoms with E-state index in [1.807, 2.05) is 30.3 Å². The molecule has 0 aromatic heterocycles. The summed E-state index contributed by atoms with van der Waals surface area (Å²) >= 11 is 0. The van der Waals surface area contributed by atoms with Crippen LogP contribution < -0.4 is 15.0 Å². The van der Waals surface area contributed by atoms with Crippen LogP contribution in [0.15, 0.2) is 66.4 Å². The zero-order valence-corrected chi connectivity index (χ0v) is 11.9. The number of rotatable bonds is 4. The molecule has 5 heteroatoms. The quantitative estimate of drug-likeness (QED) is 0.880. The molecule has 1 heterocycles. The molecule has 0 bridgehead atoms. The minimum absolute atomic E-state index is 0.256. The van der Waals surface area contributed by atoms with E-state index in [1.54, 1.807) is 31.4 Å². The van der Waals surface area contributed by atoms with Gasteiger partial charge in [-0.2, -0.15) is 0 Å². The van der Waals surface area contributed by atoms with Gasteiger partial charge in [-0.25, -0.2) is 4.90 Å². The maximum atomic E-state index is 12.4. The van der Waals surface area contributed by atoms with Crippen LogP contribution in [0.4, 0.5) is 11.4 Å². The van der Waals surface area contributed by atoms with Crippen LogP contribution in [0.1, 0.15) is 0 Å². The van der Waals surface area contributed by atoms with E-state index in [1.165, 1.54) is 6.08 Å². The van der Waals surface area contributed by atoms with E-state index in [0.717, 1.165) is 10.6 Å². The molecule has 0 saturated heterocycles. The highest BCUT2D eigenvalue weighted by atomic mass is 16.5. The average molecular weight is 294 g/mol. The fourth-order valence-electron chi connectivity index (χ4n) is 2.21. The van der Waals surface area contributed by atoms with Gasteiger partial charge in [0.15, 0.2) is 0 Å². The van der Waals surface area contributed by atoms with E-state index >= 15 is 0 Å². The average Bonchev–Trinajstić information content (AvgIpc) is 2.82.